The van der Waals surface area contributed by atoms with Gasteiger partial charge >= 0.3 is 0 Å². The molecule has 0 atom stereocenters. The number of nitriles is 1. The molecule has 0 radical (unpaired) electrons. The second-order valence-electron chi connectivity index (χ2n) is 3.40. The van der Waals surface area contributed by atoms with Crippen LogP contribution in [-0.4, -0.2) is 9.97 Å². The predicted octanol–water partition coefficient (Wildman–Crippen LogP) is 2.59. The van der Waals surface area contributed by atoms with Crippen molar-refractivity contribution in [3.63, 3.8) is 0 Å². The van der Waals surface area contributed by atoms with Gasteiger partial charge in [-0.1, -0.05) is 18.2 Å². The third-order valence-electron chi connectivity index (χ3n) is 2.51. The minimum absolute atomic E-state index is 0.451. The van der Waals surface area contributed by atoms with Gasteiger partial charge in [-0.3, -0.25) is 0 Å². The Morgan fingerprint density at radius 3 is 2.87 bits per heavy atom. The van der Waals surface area contributed by atoms with Gasteiger partial charge in [-0.2, -0.15) is 5.26 Å². The molecule has 3 nitrogen and oxygen atoms in total. The topological polar surface area (TPSA) is 52.5 Å². The van der Waals surface area contributed by atoms with Crippen LogP contribution in [-0.2, 0) is 0 Å². The smallest absolute Gasteiger partial charge is 0.141 e. The van der Waals surface area contributed by atoms with Crippen LogP contribution in [0.15, 0.2) is 36.5 Å². The Kier molecular flexibility index (Phi) is 1.51. The quantitative estimate of drug-likeness (QED) is 0.596. The lowest BCUT2D eigenvalue weighted by Gasteiger charge is -1.90. The van der Waals surface area contributed by atoms with E-state index in [2.05, 4.69) is 9.97 Å². The van der Waals surface area contributed by atoms with E-state index in [9.17, 15) is 0 Å². The molecule has 0 amide bonds. The Labute approximate surface area is 86.0 Å². The molecule has 0 bridgehead atoms. The molecule has 3 aromatic rings. The SMILES string of the molecule is N#Cc1cc2c(cn1)[nH]c1ccccc12. The lowest BCUT2D eigenvalue weighted by molar-refractivity contribution is 1.28. The van der Waals surface area contributed by atoms with Crippen molar-refractivity contribution in [2.45, 2.75) is 0 Å². The van der Waals surface area contributed by atoms with Gasteiger partial charge in [0.15, 0.2) is 0 Å². The van der Waals surface area contributed by atoms with E-state index in [0.717, 1.165) is 21.8 Å². The lowest BCUT2D eigenvalue weighted by atomic mass is 10.2. The normalized spacial score (nSPS) is 10.6. The Bertz CT molecular complexity index is 689. The number of H-pyrrole nitrogens is 1. The van der Waals surface area contributed by atoms with Crippen molar-refractivity contribution in [2.75, 3.05) is 0 Å². The minimum Gasteiger partial charge on any atom is -0.353 e. The highest BCUT2D eigenvalue weighted by atomic mass is 14.8. The number of aromatic nitrogens is 2. The number of nitrogens with one attached hydrogen (secondary N) is 1. The first-order valence-corrected chi connectivity index (χ1v) is 4.65. The van der Waals surface area contributed by atoms with Crippen LogP contribution in [0.2, 0.25) is 0 Å². The average Bonchev–Trinajstić information content (AvgIpc) is 2.66. The Morgan fingerprint density at radius 2 is 2.00 bits per heavy atom. The van der Waals surface area contributed by atoms with Gasteiger partial charge in [-0.25, -0.2) is 4.98 Å². The highest BCUT2D eigenvalue weighted by Crippen LogP contribution is 2.24. The zero-order valence-corrected chi connectivity index (χ0v) is 7.86. The summed E-state index contributed by atoms with van der Waals surface area (Å²) in [7, 11) is 0. The van der Waals surface area contributed by atoms with Crippen molar-refractivity contribution in [2.24, 2.45) is 0 Å². The average molecular weight is 193 g/mol. The first-order chi connectivity index (χ1) is 7.38. The summed E-state index contributed by atoms with van der Waals surface area (Å²) in [6, 6.07) is 11.9. The van der Waals surface area contributed by atoms with Crippen molar-refractivity contribution >= 4 is 21.8 Å². The van der Waals surface area contributed by atoms with Crippen LogP contribution in [0.25, 0.3) is 21.8 Å². The molecule has 0 fully saturated rings. The number of fused-ring (bicyclic) bond motifs is 3. The minimum atomic E-state index is 0.451. The molecule has 0 aliphatic carbocycles. The maximum Gasteiger partial charge on any atom is 0.141 e. The fourth-order valence-electron chi connectivity index (χ4n) is 1.81. The third-order valence-corrected chi connectivity index (χ3v) is 2.51. The zero-order valence-electron chi connectivity index (χ0n) is 7.86. The maximum atomic E-state index is 8.78. The first kappa shape index (κ1) is 8.01. The number of rotatable bonds is 0. The summed E-state index contributed by atoms with van der Waals surface area (Å²) in [6.07, 6.45) is 1.70. The van der Waals surface area contributed by atoms with E-state index in [4.69, 9.17) is 5.26 Å². The van der Waals surface area contributed by atoms with E-state index < -0.39 is 0 Å². The monoisotopic (exact) mass is 193 g/mol. The molecular weight excluding hydrogens is 186 g/mol. The van der Waals surface area contributed by atoms with Gasteiger partial charge < -0.3 is 4.98 Å². The lowest BCUT2D eigenvalue weighted by Crippen LogP contribution is -1.79. The van der Waals surface area contributed by atoms with E-state index in [-0.39, 0.29) is 0 Å². The molecule has 0 spiro atoms. The molecule has 0 aliphatic heterocycles. The van der Waals surface area contributed by atoms with Crippen LogP contribution < -0.4 is 0 Å². The Hall–Kier alpha value is -2.34. The molecule has 3 rings (SSSR count). The molecule has 2 heterocycles. The first-order valence-electron chi connectivity index (χ1n) is 4.65. The van der Waals surface area contributed by atoms with Gasteiger partial charge in [-0.15, -0.1) is 0 Å². The van der Waals surface area contributed by atoms with Crippen molar-refractivity contribution in [1.82, 2.24) is 9.97 Å². The standard InChI is InChI=1S/C12H7N3/c13-6-8-5-10-9-3-1-2-4-11(9)15-12(10)7-14-8/h1-5,7,15H. The van der Waals surface area contributed by atoms with Crippen molar-refractivity contribution in [1.29, 1.82) is 5.26 Å². The maximum absolute atomic E-state index is 8.78. The number of aromatic amines is 1. The van der Waals surface area contributed by atoms with Crippen LogP contribution in [0.3, 0.4) is 0 Å². The Balaban J connectivity index is 2.53. The molecular formula is C12H7N3. The fraction of sp³-hybridized carbons (Fsp3) is 0. The number of pyridine rings is 1. The number of nitrogens with zero attached hydrogens (tertiary/aromatic N) is 2. The molecule has 3 heteroatoms. The van der Waals surface area contributed by atoms with Gasteiger partial charge in [0.2, 0.25) is 0 Å². The van der Waals surface area contributed by atoms with Gasteiger partial charge in [-0.05, 0) is 12.1 Å². The van der Waals surface area contributed by atoms with E-state index in [0.29, 0.717) is 5.69 Å². The van der Waals surface area contributed by atoms with Gasteiger partial charge in [0.05, 0.1) is 11.7 Å². The number of para-hydroxylation sites is 1. The predicted molar refractivity (Wildman–Crippen MR) is 58.3 cm³/mol. The highest BCUT2D eigenvalue weighted by Gasteiger charge is 2.04. The summed E-state index contributed by atoms with van der Waals surface area (Å²) >= 11 is 0. The molecule has 2 aromatic heterocycles. The van der Waals surface area contributed by atoms with E-state index in [1.165, 1.54) is 0 Å². The van der Waals surface area contributed by atoms with E-state index >= 15 is 0 Å². The molecule has 0 saturated carbocycles. The molecule has 0 aliphatic rings. The second-order valence-corrected chi connectivity index (χ2v) is 3.40. The zero-order chi connectivity index (χ0) is 10.3. The molecule has 0 unspecified atom stereocenters. The summed E-state index contributed by atoms with van der Waals surface area (Å²) in [6.45, 7) is 0. The van der Waals surface area contributed by atoms with Crippen molar-refractivity contribution < 1.29 is 0 Å². The summed E-state index contributed by atoms with van der Waals surface area (Å²) in [5, 5.41) is 11.0. The number of benzene rings is 1. The molecule has 1 N–H and O–H groups in total. The summed E-state index contributed by atoms with van der Waals surface area (Å²) < 4.78 is 0. The molecule has 0 saturated heterocycles. The van der Waals surface area contributed by atoms with Gasteiger partial charge in [0.1, 0.15) is 11.8 Å². The van der Waals surface area contributed by atoms with Gasteiger partial charge in [0.25, 0.3) is 0 Å². The van der Waals surface area contributed by atoms with Crippen molar-refractivity contribution in [3.05, 3.63) is 42.2 Å². The van der Waals surface area contributed by atoms with Crippen LogP contribution in [0.5, 0.6) is 0 Å². The van der Waals surface area contributed by atoms with Crippen LogP contribution in [0, 0.1) is 11.3 Å². The second kappa shape index (κ2) is 2.82. The Morgan fingerprint density at radius 1 is 1.13 bits per heavy atom. The fourth-order valence-corrected chi connectivity index (χ4v) is 1.81. The van der Waals surface area contributed by atoms with Crippen LogP contribution in [0.1, 0.15) is 5.69 Å². The summed E-state index contributed by atoms with van der Waals surface area (Å²) in [4.78, 5) is 7.29. The van der Waals surface area contributed by atoms with E-state index in [1.54, 1.807) is 6.20 Å². The van der Waals surface area contributed by atoms with Gasteiger partial charge in [0, 0.05) is 16.3 Å². The van der Waals surface area contributed by atoms with E-state index in [1.807, 2.05) is 36.4 Å². The summed E-state index contributed by atoms with van der Waals surface area (Å²) in [5.74, 6) is 0. The number of hydrogen-bond acceptors (Lipinski definition) is 2. The molecule has 70 valence electrons. The molecule has 15 heavy (non-hydrogen) atoms. The largest absolute Gasteiger partial charge is 0.353 e. The van der Waals surface area contributed by atoms with Crippen molar-refractivity contribution in [3.8, 4) is 6.07 Å². The van der Waals surface area contributed by atoms with Crippen LogP contribution >= 0.6 is 0 Å². The number of hydrogen-bond donors (Lipinski definition) is 1. The molecule has 1 aromatic carbocycles. The van der Waals surface area contributed by atoms with Crippen LogP contribution in [0.4, 0.5) is 0 Å². The third kappa shape index (κ3) is 1.09. The summed E-state index contributed by atoms with van der Waals surface area (Å²) in [5.41, 5.74) is 2.49. The highest BCUT2D eigenvalue weighted by molar-refractivity contribution is 6.07.